The third-order valence-electron chi connectivity index (χ3n) is 5.82. The lowest BCUT2D eigenvalue weighted by Crippen LogP contribution is -2.41. The van der Waals surface area contributed by atoms with Crippen LogP contribution in [0.2, 0.25) is 0 Å². The normalized spacial score (nSPS) is 23.7. The highest BCUT2D eigenvalue weighted by Crippen LogP contribution is 2.44. The number of carbonyl (C=O) groups is 1. The van der Waals surface area contributed by atoms with Crippen molar-refractivity contribution in [3.8, 4) is 11.5 Å². The van der Waals surface area contributed by atoms with Crippen molar-refractivity contribution in [2.45, 2.75) is 25.9 Å². The topological polar surface area (TPSA) is 72.9 Å². The van der Waals surface area contributed by atoms with Crippen LogP contribution in [0.15, 0.2) is 40.6 Å². The van der Waals surface area contributed by atoms with Gasteiger partial charge >= 0.3 is 0 Å². The van der Waals surface area contributed by atoms with Gasteiger partial charge in [-0.15, -0.1) is 0 Å². The van der Waals surface area contributed by atoms with Crippen LogP contribution in [-0.4, -0.2) is 43.4 Å². The average molecular weight is 490 g/mol. The van der Waals surface area contributed by atoms with Crippen LogP contribution >= 0.6 is 15.9 Å². The van der Waals surface area contributed by atoms with E-state index in [1.54, 1.807) is 6.08 Å². The maximum absolute atomic E-state index is 13.1. The molecule has 2 aromatic rings. The Balaban J connectivity index is 1.50. The molecule has 1 atom stereocenters. The molecule has 0 aliphatic carbocycles. The number of ether oxygens (including phenoxy) is 2. The molecule has 30 heavy (non-hydrogen) atoms. The van der Waals surface area contributed by atoms with Gasteiger partial charge in [-0.3, -0.25) is 9.69 Å². The Hall–Kier alpha value is -2.16. The van der Waals surface area contributed by atoms with E-state index in [9.17, 15) is 13.2 Å². The lowest BCUT2D eigenvalue weighted by atomic mass is 9.98. The van der Waals surface area contributed by atoms with E-state index < -0.39 is 9.84 Å². The van der Waals surface area contributed by atoms with Crippen LogP contribution in [0.1, 0.15) is 33.5 Å². The summed E-state index contributed by atoms with van der Waals surface area (Å²) in [7, 11) is -2.99. The highest BCUT2D eigenvalue weighted by molar-refractivity contribution is 9.10. The van der Waals surface area contributed by atoms with Gasteiger partial charge in [0.25, 0.3) is 0 Å². The Morgan fingerprint density at radius 1 is 1.27 bits per heavy atom. The van der Waals surface area contributed by atoms with E-state index in [0.29, 0.717) is 36.8 Å². The first kappa shape index (κ1) is 19.8. The minimum Gasteiger partial charge on any atom is -0.478 e. The van der Waals surface area contributed by atoms with Crippen LogP contribution in [0.4, 0.5) is 0 Å². The number of rotatable bonds is 2. The molecule has 0 saturated carbocycles. The molecule has 3 heterocycles. The average Bonchev–Trinajstić information content (AvgIpc) is 3.22. The first-order chi connectivity index (χ1) is 14.3. The van der Waals surface area contributed by atoms with Crippen LogP contribution < -0.4 is 9.47 Å². The zero-order valence-electron chi connectivity index (χ0n) is 16.4. The summed E-state index contributed by atoms with van der Waals surface area (Å²) in [6.07, 6.45) is 2.34. The van der Waals surface area contributed by atoms with Gasteiger partial charge in [0.05, 0.1) is 22.6 Å². The zero-order valence-corrected chi connectivity index (χ0v) is 18.8. The number of nitrogens with zero attached hydrogens (tertiary/aromatic N) is 1. The number of hydrogen-bond acceptors (Lipinski definition) is 6. The van der Waals surface area contributed by atoms with Crippen LogP contribution in [0, 0.1) is 6.92 Å². The van der Waals surface area contributed by atoms with Crippen molar-refractivity contribution in [1.82, 2.24) is 4.90 Å². The number of ketones is 1. The number of aryl methyl sites for hydroxylation is 1. The third kappa shape index (κ3) is 3.46. The summed E-state index contributed by atoms with van der Waals surface area (Å²) in [6, 6.07) is 9.45. The lowest BCUT2D eigenvalue weighted by molar-refractivity contribution is 0.0633. The molecular formula is C22H20BrNO5S. The molecule has 8 heteroatoms. The van der Waals surface area contributed by atoms with Gasteiger partial charge in [0.1, 0.15) is 18.2 Å². The number of hydrogen-bond donors (Lipinski definition) is 0. The molecule has 1 fully saturated rings. The summed E-state index contributed by atoms with van der Waals surface area (Å²) >= 11 is 3.44. The van der Waals surface area contributed by atoms with Gasteiger partial charge in [-0.05, 0) is 48.7 Å². The Kier molecular flexibility index (Phi) is 4.76. The number of allylic oxidation sites excluding steroid dienone is 1. The van der Waals surface area contributed by atoms with Gasteiger partial charge < -0.3 is 9.47 Å². The van der Waals surface area contributed by atoms with Crippen molar-refractivity contribution < 1.29 is 22.7 Å². The molecular weight excluding hydrogens is 470 g/mol. The summed E-state index contributed by atoms with van der Waals surface area (Å²) < 4.78 is 36.7. The predicted molar refractivity (Wildman–Crippen MR) is 116 cm³/mol. The molecule has 3 aliphatic rings. The van der Waals surface area contributed by atoms with Crippen molar-refractivity contribution >= 4 is 37.6 Å². The number of benzene rings is 2. The highest BCUT2D eigenvalue weighted by atomic mass is 79.9. The molecule has 156 valence electrons. The maximum Gasteiger partial charge on any atom is 0.232 e. The highest BCUT2D eigenvalue weighted by Gasteiger charge is 2.39. The predicted octanol–water partition coefficient (Wildman–Crippen LogP) is 3.71. The quantitative estimate of drug-likeness (QED) is 0.598. The molecule has 0 N–H and O–H groups in total. The van der Waals surface area contributed by atoms with Gasteiger partial charge in [-0.25, -0.2) is 8.42 Å². The molecule has 1 unspecified atom stereocenters. The van der Waals surface area contributed by atoms with Crippen molar-refractivity contribution in [3.05, 3.63) is 62.8 Å². The minimum absolute atomic E-state index is 0.0751. The summed E-state index contributed by atoms with van der Waals surface area (Å²) in [6.45, 7) is 2.71. The molecule has 0 aromatic heterocycles. The molecule has 0 radical (unpaired) electrons. The van der Waals surface area contributed by atoms with Crippen LogP contribution in [-0.2, 0) is 16.4 Å². The summed E-state index contributed by atoms with van der Waals surface area (Å²) in [5.74, 6) is 1.71. The zero-order chi connectivity index (χ0) is 21.0. The van der Waals surface area contributed by atoms with Crippen LogP contribution in [0.5, 0.6) is 11.5 Å². The van der Waals surface area contributed by atoms with Gasteiger partial charge in [0.2, 0.25) is 5.78 Å². The molecule has 1 saturated heterocycles. The van der Waals surface area contributed by atoms with Crippen molar-refractivity contribution in [3.63, 3.8) is 0 Å². The molecule has 0 spiro atoms. The molecule has 5 rings (SSSR count). The Labute approximate surface area is 183 Å². The van der Waals surface area contributed by atoms with Gasteiger partial charge in [0.15, 0.2) is 15.6 Å². The smallest absolute Gasteiger partial charge is 0.232 e. The monoisotopic (exact) mass is 489 g/mol. The van der Waals surface area contributed by atoms with Crippen molar-refractivity contribution in [2.24, 2.45) is 0 Å². The number of fused-ring (bicyclic) bond motifs is 3. The molecule has 2 aromatic carbocycles. The van der Waals surface area contributed by atoms with Gasteiger partial charge in [-0.2, -0.15) is 0 Å². The number of sulfone groups is 1. The number of Topliss-reactive ketones (excluding diaryl/α,β-unsaturated/α-hetero) is 1. The van der Waals surface area contributed by atoms with E-state index >= 15 is 0 Å². The molecule has 6 nitrogen and oxygen atoms in total. The molecule has 0 amide bonds. The molecule has 0 bridgehead atoms. The van der Waals surface area contributed by atoms with Gasteiger partial charge in [0, 0.05) is 17.1 Å². The second-order valence-corrected chi connectivity index (χ2v) is 11.1. The SMILES string of the molecule is Cc1cc2c(c3c1C(=O)/C(=C/c1cccc(Br)c1)O3)CN(C1CCS(=O)(=O)C1)CO2. The Bertz CT molecular complexity index is 1200. The van der Waals surface area contributed by atoms with E-state index in [1.807, 2.05) is 42.2 Å². The summed E-state index contributed by atoms with van der Waals surface area (Å²) in [4.78, 5) is 15.1. The fourth-order valence-corrected chi connectivity index (χ4v) is 6.47. The van der Waals surface area contributed by atoms with Crippen LogP contribution in [0.25, 0.3) is 6.08 Å². The first-order valence-corrected chi connectivity index (χ1v) is 12.4. The first-order valence-electron chi connectivity index (χ1n) is 9.74. The van der Waals surface area contributed by atoms with E-state index in [2.05, 4.69) is 15.9 Å². The number of halogens is 1. The Morgan fingerprint density at radius 3 is 2.83 bits per heavy atom. The fourth-order valence-electron chi connectivity index (χ4n) is 4.29. The van der Waals surface area contributed by atoms with E-state index in [4.69, 9.17) is 9.47 Å². The standard InChI is InChI=1S/C22H20BrNO5S/c1-13-7-18-17(10-24(12-28-18)16-5-6-30(26,27)11-16)22-20(13)21(25)19(29-22)9-14-3-2-4-15(23)8-14/h2-4,7-9,16H,5-6,10-12H2,1H3/b19-9-. The number of carbonyl (C=O) groups excluding carboxylic acids is 1. The second-order valence-electron chi connectivity index (χ2n) is 7.95. The third-order valence-corrected chi connectivity index (χ3v) is 8.07. The van der Waals surface area contributed by atoms with Gasteiger partial charge in [-0.1, -0.05) is 28.1 Å². The van der Waals surface area contributed by atoms with E-state index in [0.717, 1.165) is 21.2 Å². The van der Waals surface area contributed by atoms with Crippen molar-refractivity contribution in [1.29, 1.82) is 0 Å². The molecule has 3 aliphatic heterocycles. The summed E-state index contributed by atoms with van der Waals surface area (Å²) in [5.41, 5.74) is 3.03. The van der Waals surface area contributed by atoms with E-state index in [-0.39, 0.29) is 29.1 Å². The largest absolute Gasteiger partial charge is 0.478 e. The lowest BCUT2D eigenvalue weighted by Gasteiger charge is -2.33. The maximum atomic E-state index is 13.1. The Morgan fingerprint density at radius 2 is 2.10 bits per heavy atom. The fraction of sp³-hybridized carbons (Fsp3) is 0.318. The second kappa shape index (κ2) is 7.21. The van der Waals surface area contributed by atoms with E-state index in [1.165, 1.54) is 0 Å². The minimum atomic E-state index is -2.99. The van der Waals surface area contributed by atoms with Crippen molar-refractivity contribution in [2.75, 3.05) is 18.2 Å². The summed E-state index contributed by atoms with van der Waals surface area (Å²) in [5, 5.41) is 0. The van der Waals surface area contributed by atoms with Crippen LogP contribution in [0.3, 0.4) is 0 Å².